The Bertz CT molecular complexity index is 637. The van der Waals surface area contributed by atoms with Crippen molar-refractivity contribution in [2.24, 2.45) is 0 Å². The molecular formula is C19H24N2O2. The van der Waals surface area contributed by atoms with Gasteiger partial charge in [-0.3, -0.25) is 0 Å². The number of methoxy groups -OCH3 is 1. The molecule has 23 heavy (non-hydrogen) atoms. The number of carbonyl (C=O) groups is 1. The first-order valence-corrected chi connectivity index (χ1v) is 7.82. The fourth-order valence-electron chi connectivity index (χ4n) is 2.61. The van der Waals surface area contributed by atoms with Gasteiger partial charge in [-0.25, -0.2) is 4.79 Å². The molecule has 0 heterocycles. The van der Waals surface area contributed by atoms with Gasteiger partial charge in [0.25, 0.3) is 0 Å². The number of nitrogens with one attached hydrogen (secondary N) is 2. The summed E-state index contributed by atoms with van der Waals surface area (Å²) in [5.41, 5.74) is 2.37. The number of hydrogen-bond acceptors (Lipinski definition) is 2. The minimum absolute atomic E-state index is 0.231. The van der Waals surface area contributed by atoms with Gasteiger partial charge in [-0.05, 0) is 30.5 Å². The average molecular weight is 312 g/mol. The summed E-state index contributed by atoms with van der Waals surface area (Å²) in [5.74, 6) is 0. The van der Waals surface area contributed by atoms with Crippen molar-refractivity contribution in [2.75, 3.05) is 19.0 Å². The molecule has 122 valence electrons. The van der Waals surface area contributed by atoms with Crippen LogP contribution in [0.1, 0.15) is 24.5 Å². The molecule has 0 fully saturated rings. The molecule has 0 aliphatic heterocycles. The molecule has 2 amide bonds. The number of ether oxygens (including phenoxy) is 1. The van der Waals surface area contributed by atoms with Crippen molar-refractivity contribution in [2.45, 2.75) is 25.9 Å². The summed E-state index contributed by atoms with van der Waals surface area (Å²) in [4.78, 5) is 12.2. The van der Waals surface area contributed by atoms with Gasteiger partial charge in [0.1, 0.15) is 5.60 Å². The largest absolute Gasteiger partial charge is 0.372 e. The van der Waals surface area contributed by atoms with E-state index < -0.39 is 5.60 Å². The number of amides is 2. The molecule has 0 aromatic heterocycles. The van der Waals surface area contributed by atoms with Crippen molar-refractivity contribution in [1.29, 1.82) is 0 Å². The number of rotatable bonds is 6. The predicted molar refractivity (Wildman–Crippen MR) is 93.6 cm³/mol. The number of para-hydroxylation sites is 1. The van der Waals surface area contributed by atoms with Crippen LogP contribution in [0.25, 0.3) is 0 Å². The highest BCUT2D eigenvalue weighted by Gasteiger charge is 2.30. The maximum Gasteiger partial charge on any atom is 0.319 e. The highest BCUT2D eigenvalue weighted by atomic mass is 16.5. The van der Waals surface area contributed by atoms with Crippen LogP contribution in [-0.2, 0) is 10.3 Å². The molecule has 2 aromatic rings. The van der Waals surface area contributed by atoms with E-state index in [-0.39, 0.29) is 6.03 Å². The van der Waals surface area contributed by atoms with Crippen molar-refractivity contribution in [3.63, 3.8) is 0 Å². The van der Waals surface area contributed by atoms with E-state index in [0.717, 1.165) is 23.2 Å². The van der Waals surface area contributed by atoms with Crippen LogP contribution in [0.15, 0.2) is 54.6 Å². The lowest BCUT2D eigenvalue weighted by Gasteiger charge is -2.32. The highest BCUT2D eigenvalue weighted by Crippen LogP contribution is 2.28. The van der Waals surface area contributed by atoms with Gasteiger partial charge >= 0.3 is 6.03 Å². The highest BCUT2D eigenvalue weighted by molar-refractivity contribution is 5.90. The minimum atomic E-state index is -0.523. The maximum atomic E-state index is 12.2. The van der Waals surface area contributed by atoms with E-state index in [4.69, 9.17) is 4.74 Å². The number of anilines is 1. The van der Waals surface area contributed by atoms with Crippen LogP contribution in [0.4, 0.5) is 10.5 Å². The number of urea groups is 1. The van der Waals surface area contributed by atoms with Crippen molar-refractivity contribution in [3.8, 4) is 0 Å². The fraction of sp³-hybridized carbons (Fsp3) is 0.316. The average Bonchev–Trinajstić information content (AvgIpc) is 2.59. The number of benzene rings is 2. The number of aryl methyl sites for hydroxylation is 1. The molecule has 0 saturated heterocycles. The van der Waals surface area contributed by atoms with Crippen LogP contribution in [0.5, 0.6) is 0 Å². The third-order valence-electron chi connectivity index (χ3n) is 4.19. The Morgan fingerprint density at radius 2 is 1.74 bits per heavy atom. The Kier molecular flexibility index (Phi) is 5.77. The number of carbonyl (C=O) groups excluding carboxylic acids is 1. The molecule has 2 rings (SSSR count). The zero-order valence-electron chi connectivity index (χ0n) is 13.9. The predicted octanol–water partition coefficient (Wildman–Crippen LogP) is 4.07. The summed E-state index contributed by atoms with van der Waals surface area (Å²) < 4.78 is 5.76. The van der Waals surface area contributed by atoms with E-state index in [1.807, 2.05) is 61.5 Å². The first-order chi connectivity index (χ1) is 11.1. The van der Waals surface area contributed by atoms with Crippen molar-refractivity contribution >= 4 is 11.7 Å². The first-order valence-electron chi connectivity index (χ1n) is 7.82. The maximum absolute atomic E-state index is 12.2. The van der Waals surface area contributed by atoms with Crippen LogP contribution < -0.4 is 10.6 Å². The summed E-state index contributed by atoms with van der Waals surface area (Å²) >= 11 is 0. The molecule has 0 aliphatic rings. The molecule has 2 aromatic carbocycles. The lowest BCUT2D eigenvalue weighted by molar-refractivity contribution is -0.0149. The molecule has 1 atom stereocenters. The van der Waals surface area contributed by atoms with Crippen LogP contribution >= 0.6 is 0 Å². The number of hydrogen-bond donors (Lipinski definition) is 2. The third kappa shape index (κ3) is 4.11. The molecule has 0 radical (unpaired) electrons. The molecular weight excluding hydrogens is 288 g/mol. The first kappa shape index (κ1) is 17.0. The van der Waals surface area contributed by atoms with E-state index in [1.54, 1.807) is 7.11 Å². The molecule has 0 aliphatic carbocycles. The smallest absolute Gasteiger partial charge is 0.319 e. The summed E-state index contributed by atoms with van der Waals surface area (Å²) in [6.45, 7) is 4.42. The Morgan fingerprint density at radius 1 is 1.09 bits per heavy atom. The van der Waals surface area contributed by atoms with Gasteiger partial charge in [-0.15, -0.1) is 0 Å². The van der Waals surface area contributed by atoms with Gasteiger partial charge in [-0.1, -0.05) is 55.5 Å². The van der Waals surface area contributed by atoms with E-state index in [0.29, 0.717) is 6.54 Å². The molecule has 2 N–H and O–H groups in total. The van der Waals surface area contributed by atoms with E-state index in [2.05, 4.69) is 17.6 Å². The van der Waals surface area contributed by atoms with Crippen molar-refractivity contribution in [3.05, 3.63) is 65.7 Å². The van der Waals surface area contributed by atoms with Gasteiger partial charge in [0, 0.05) is 12.8 Å². The Hall–Kier alpha value is -2.33. The van der Waals surface area contributed by atoms with E-state index >= 15 is 0 Å². The molecule has 0 unspecified atom stereocenters. The molecule has 4 nitrogen and oxygen atoms in total. The standard InChI is InChI=1S/C19H24N2O2/c1-4-19(23-3,16-11-6-5-7-12-16)14-20-18(22)21-17-13-9-8-10-15(17)2/h5-13H,4,14H2,1-3H3,(H2,20,21,22)/t19-/m0/s1. The zero-order chi connectivity index (χ0) is 16.7. The third-order valence-corrected chi connectivity index (χ3v) is 4.19. The lowest BCUT2D eigenvalue weighted by Crippen LogP contribution is -2.43. The van der Waals surface area contributed by atoms with E-state index in [1.165, 1.54) is 0 Å². The zero-order valence-corrected chi connectivity index (χ0v) is 13.9. The second kappa shape index (κ2) is 7.79. The van der Waals surface area contributed by atoms with Gasteiger partial charge in [0.2, 0.25) is 0 Å². The quantitative estimate of drug-likeness (QED) is 0.845. The second-order valence-corrected chi connectivity index (χ2v) is 5.54. The fourth-order valence-corrected chi connectivity index (χ4v) is 2.61. The van der Waals surface area contributed by atoms with Crippen molar-refractivity contribution < 1.29 is 9.53 Å². The van der Waals surface area contributed by atoms with Crippen molar-refractivity contribution in [1.82, 2.24) is 5.32 Å². The Balaban J connectivity index is 2.05. The summed E-state index contributed by atoms with van der Waals surface area (Å²) in [6, 6.07) is 17.4. The summed E-state index contributed by atoms with van der Waals surface area (Å²) in [7, 11) is 1.68. The molecule has 0 bridgehead atoms. The summed E-state index contributed by atoms with van der Waals surface area (Å²) in [6.07, 6.45) is 0.762. The van der Waals surface area contributed by atoms with Gasteiger partial charge < -0.3 is 15.4 Å². The molecule has 0 saturated carbocycles. The topological polar surface area (TPSA) is 50.4 Å². The normalized spacial score (nSPS) is 13.2. The Labute approximate surface area is 137 Å². The minimum Gasteiger partial charge on any atom is -0.372 e. The second-order valence-electron chi connectivity index (χ2n) is 5.54. The van der Waals surface area contributed by atoms with Crippen LogP contribution in [0.3, 0.4) is 0 Å². The summed E-state index contributed by atoms with van der Waals surface area (Å²) in [5, 5.41) is 5.80. The van der Waals surface area contributed by atoms with Crippen LogP contribution in [0.2, 0.25) is 0 Å². The Morgan fingerprint density at radius 3 is 2.35 bits per heavy atom. The lowest BCUT2D eigenvalue weighted by atomic mass is 9.91. The van der Waals surface area contributed by atoms with Crippen LogP contribution in [-0.4, -0.2) is 19.7 Å². The van der Waals surface area contributed by atoms with Crippen LogP contribution in [0, 0.1) is 6.92 Å². The monoisotopic (exact) mass is 312 g/mol. The van der Waals surface area contributed by atoms with Gasteiger partial charge in [-0.2, -0.15) is 0 Å². The molecule has 4 heteroatoms. The van der Waals surface area contributed by atoms with Gasteiger partial charge in [0.15, 0.2) is 0 Å². The molecule has 0 spiro atoms. The van der Waals surface area contributed by atoms with Gasteiger partial charge in [0.05, 0.1) is 6.54 Å². The van der Waals surface area contributed by atoms with E-state index in [9.17, 15) is 4.79 Å². The SMILES string of the molecule is CC[C@@](CNC(=O)Nc1ccccc1C)(OC)c1ccccc1.